The number of halogens is 2. The largest absolute Gasteiger partial charge is 0.487 e. The average Bonchev–Trinajstić information content (AvgIpc) is 2.45. The van der Waals surface area contributed by atoms with Gasteiger partial charge in [-0.25, -0.2) is 4.99 Å². The minimum Gasteiger partial charge on any atom is -0.487 e. The maximum atomic E-state index is 6.10. The lowest BCUT2D eigenvalue weighted by Crippen LogP contribution is -2.38. The standard InChI is InChI=1S/C15H24ClN3O.HI/c1-4-12(11-19-15(17-5-2)18-6-3)20-14-10-8-7-9-13(14)16;/h7-10,12H,4-6,11H2,1-3H3,(H2,17,18,19);1H. The fourth-order valence-corrected chi connectivity index (χ4v) is 1.85. The second kappa shape index (κ2) is 11.9. The number of aliphatic imine (C=N–C) groups is 1. The van der Waals surface area contributed by atoms with Gasteiger partial charge in [0.25, 0.3) is 0 Å². The van der Waals surface area contributed by atoms with Crippen molar-refractivity contribution in [1.82, 2.24) is 10.6 Å². The molecule has 1 aromatic carbocycles. The van der Waals surface area contributed by atoms with Crippen LogP contribution < -0.4 is 15.4 Å². The van der Waals surface area contributed by atoms with E-state index < -0.39 is 0 Å². The Morgan fingerprint density at radius 2 is 1.81 bits per heavy atom. The maximum Gasteiger partial charge on any atom is 0.191 e. The average molecular weight is 426 g/mol. The van der Waals surface area contributed by atoms with Gasteiger partial charge in [-0.15, -0.1) is 24.0 Å². The second-order valence-electron chi connectivity index (χ2n) is 4.33. The van der Waals surface area contributed by atoms with Gasteiger partial charge < -0.3 is 15.4 Å². The summed E-state index contributed by atoms with van der Waals surface area (Å²) in [4.78, 5) is 4.53. The minimum absolute atomic E-state index is 0. The van der Waals surface area contributed by atoms with Crippen molar-refractivity contribution in [2.45, 2.75) is 33.3 Å². The molecule has 0 saturated heterocycles. The molecule has 120 valence electrons. The second-order valence-corrected chi connectivity index (χ2v) is 4.74. The summed E-state index contributed by atoms with van der Waals surface area (Å²) < 4.78 is 5.91. The van der Waals surface area contributed by atoms with Gasteiger partial charge in [-0.1, -0.05) is 30.7 Å². The van der Waals surface area contributed by atoms with Crippen LogP contribution in [0, 0.1) is 0 Å². The number of hydrogen-bond acceptors (Lipinski definition) is 2. The number of ether oxygens (including phenoxy) is 1. The first-order valence-electron chi connectivity index (χ1n) is 7.14. The predicted molar refractivity (Wildman–Crippen MR) is 101 cm³/mol. The van der Waals surface area contributed by atoms with Gasteiger partial charge in [-0.2, -0.15) is 0 Å². The SMILES string of the molecule is CCNC(=NCC(CC)Oc1ccccc1Cl)NCC.I. The van der Waals surface area contributed by atoms with Crippen LogP contribution in [0.15, 0.2) is 29.3 Å². The molecule has 1 rings (SSSR count). The number of guanidine groups is 1. The molecule has 1 unspecified atom stereocenters. The molecule has 0 fully saturated rings. The highest BCUT2D eigenvalue weighted by atomic mass is 127. The number of nitrogens with zero attached hydrogens (tertiary/aromatic N) is 1. The van der Waals surface area contributed by atoms with E-state index in [-0.39, 0.29) is 30.1 Å². The fraction of sp³-hybridized carbons (Fsp3) is 0.533. The molecule has 0 radical (unpaired) electrons. The van der Waals surface area contributed by atoms with E-state index in [1.807, 2.05) is 38.1 Å². The van der Waals surface area contributed by atoms with E-state index in [2.05, 4.69) is 22.5 Å². The first kappa shape index (κ1) is 20.3. The smallest absolute Gasteiger partial charge is 0.191 e. The molecule has 0 aliphatic rings. The van der Waals surface area contributed by atoms with Crippen LogP contribution in [0.5, 0.6) is 5.75 Å². The van der Waals surface area contributed by atoms with Crippen LogP contribution in [0.4, 0.5) is 0 Å². The highest BCUT2D eigenvalue weighted by Crippen LogP contribution is 2.24. The van der Waals surface area contributed by atoms with Crippen molar-refractivity contribution in [2.75, 3.05) is 19.6 Å². The highest BCUT2D eigenvalue weighted by Gasteiger charge is 2.10. The molecule has 0 aliphatic carbocycles. The molecule has 2 N–H and O–H groups in total. The van der Waals surface area contributed by atoms with E-state index in [1.165, 1.54) is 0 Å². The third-order valence-electron chi connectivity index (χ3n) is 2.73. The zero-order valence-electron chi connectivity index (χ0n) is 12.9. The van der Waals surface area contributed by atoms with Crippen LogP contribution in [-0.4, -0.2) is 31.7 Å². The first-order valence-corrected chi connectivity index (χ1v) is 7.52. The minimum atomic E-state index is 0. The quantitative estimate of drug-likeness (QED) is 0.398. The topological polar surface area (TPSA) is 45.7 Å². The normalized spacial score (nSPS) is 11.0. The van der Waals surface area contributed by atoms with Gasteiger partial charge in [0.1, 0.15) is 11.9 Å². The van der Waals surface area contributed by atoms with Gasteiger partial charge in [-0.3, -0.25) is 0 Å². The van der Waals surface area contributed by atoms with Crippen LogP contribution in [0.3, 0.4) is 0 Å². The molecule has 0 aliphatic heterocycles. The summed E-state index contributed by atoms with van der Waals surface area (Å²) in [6.07, 6.45) is 0.891. The molecular formula is C15H25ClIN3O. The zero-order chi connectivity index (χ0) is 14.8. The summed E-state index contributed by atoms with van der Waals surface area (Å²) in [5, 5.41) is 7.02. The van der Waals surface area contributed by atoms with Gasteiger partial charge in [0.2, 0.25) is 0 Å². The van der Waals surface area contributed by atoms with Crippen molar-refractivity contribution < 1.29 is 4.74 Å². The predicted octanol–water partition coefficient (Wildman–Crippen LogP) is 3.69. The van der Waals surface area contributed by atoms with E-state index in [9.17, 15) is 0 Å². The van der Waals surface area contributed by atoms with E-state index in [4.69, 9.17) is 16.3 Å². The number of rotatable bonds is 7. The Kier molecular flexibility index (Phi) is 11.5. The lowest BCUT2D eigenvalue weighted by atomic mass is 10.2. The monoisotopic (exact) mass is 425 g/mol. The van der Waals surface area contributed by atoms with Crippen LogP contribution >= 0.6 is 35.6 Å². The lowest BCUT2D eigenvalue weighted by Gasteiger charge is -2.17. The van der Waals surface area contributed by atoms with Gasteiger partial charge in [0, 0.05) is 13.1 Å². The molecule has 6 heteroatoms. The maximum absolute atomic E-state index is 6.10. The van der Waals surface area contributed by atoms with Gasteiger partial charge in [-0.05, 0) is 32.4 Å². The number of benzene rings is 1. The van der Waals surface area contributed by atoms with E-state index in [1.54, 1.807) is 0 Å². The van der Waals surface area contributed by atoms with Gasteiger partial charge in [0.05, 0.1) is 11.6 Å². The van der Waals surface area contributed by atoms with Gasteiger partial charge in [0.15, 0.2) is 5.96 Å². The summed E-state index contributed by atoms with van der Waals surface area (Å²) in [7, 11) is 0. The molecule has 1 aromatic rings. The van der Waals surface area contributed by atoms with Crippen molar-refractivity contribution in [2.24, 2.45) is 4.99 Å². The zero-order valence-corrected chi connectivity index (χ0v) is 15.9. The lowest BCUT2D eigenvalue weighted by molar-refractivity contribution is 0.206. The van der Waals surface area contributed by atoms with Gasteiger partial charge >= 0.3 is 0 Å². The Bertz CT molecular complexity index is 421. The highest BCUT2D eigenvalue weighted by molar-refractivity contribution is 14.0. The molecule has 21 heavy (non-hydrogen) atoms. The Hall–Kier alpha value is -0.690. The Balaban J connectivity index is 0.00000400. The number of nitrogens with one attached hydrogen (secondary N) is 2. The Labute approximate surface area is 149 Å². The first-order chi connectivity index (χ1) is 9.71. The van der Waals surface area contributed by atoms with Crippen molar-refractivity contribution in [3.63, 3.8) is 0 Å². The molecule has 0 saturated carbocycles. The van der Waals surface area contributed by atoms with Crippen molar-refractivity contribution >= 4 is 41.5 Å². The molecule has 0 bridgehead atoms. The molecule has 0 aromatic heterocycles. The summed E-state index contributed by atoms with van der Waals surface area (Å²) in [6.45, 7) is 8.45. The molecule has 0 heterocycles. The van der Waals surface area contributed by atoms with Crippen molar-refractivity contribution in [3.05, 3.63) is 29.3 Å². The number of hydrogen-bond donors (Lipinski definition) is 2. The van der Waals surface area contributed by atoms with Crippen LogP contribution in [0.1, 0.15) is 27.2 Å². The van der Waals surface area contributed by atoms with Crippen LogP contribution in [0.25, 0.3) is 0 Å². The molecule has 4 nitrogen and oxygen atoms in total. The Morgan fingerprint density at radius 1 is 1.19 bits per heavy atom. The summed E-state index contributed by atoms with van der Waals surface area (Å²) in [6, 6.07) is 7.52. The summed E-state index contributed by atoms with van der Waals surface area (Å²) in [5.41, 5.74) is 0. The third-order valence-corrected chi connectivity index (χ3v) is 3.04. The van der Waals surface area contributed by atoms with Crippen LogP contribution in [-0.2, 0) is 0 Å². The molecular weight excluding hydrogens is 401 g/mol. The molecule has 1 atom stereocenters. The van der Waals surface area contributed by atoms with E-state index in [0.717, 1.165) is 25.5 Å². The van der Waals surface area contributed by atoms with E-state index >= 15 is 0 Å². The third kappa shape index (κ3) is 7.76. The molecule has 0 amide bonds. The van der Waals surface area contributed by atoms with Crippen LogP contribution in [0.2, 0.25) is 5.02 Å². The van der Waals surface area contributed by atoms with E-state index in [0.29, 0.717) is 17.3 Å². The Morgan fingerprint density at radius 3 is 2.33 bits per heavy atom. The molecule has 0 spiro atoms. The fourth-order valence-electron chi connectivity index (χ4n) is 1.67. The van der Waals surface area contributed by atoms with Crippen molar-refractivity contribution in [1.29, 1.82) is 0 Å². The summed E-state index contributed by atoms with van der Waals surface area (Å²) in [5.74, 6) is 1.53. The number of para-hydroxylation sites is 1. The summed E-state index contributed by atoms with van der Waals surface area (Å²) >= 11 is 6.10. The van der Waals surface area contributed by atoms with Crippen molar-refractivity contribution in [3.8, 4) is 5.75 Å².